The van der Waals surface area contributed by atoms with Gasteiger partial charge in [-0.15, -0.1) is 5.10 Å². The third-order valence-corrected chi connectivity index (χ3v) is 4.87. The molecule has 0 spiro atoms. The van der Waals surface area contributed by atoms with E-state index in [1.165, 1.54) is 6.21 Å². The maximum atomic E-state index is 12.6. The van der Waals surface area contributed by atoms with E-state index < -0.39 is 11.5 Å². The number of aryl methyl sites for hydroxylation is 1. The second-order valence-corrected chi connectivity index (χ2v) is 6.84. The van der Waals surface area contributed by atoms with Gasteiger partial charge in [0.1, 0.15) is 0 Å². The normalized spacial score (nSPS) is 11.5. The van der Waals surface area contributed by atoms with E-state index in [1.54, 1.807) is 28.7 Å². The SMILES string of the molecule is Cc1ccc2oc(=O)c3ccc(C(=O)N/N=C/c4ccc(-c5nnn[nH]5)cc4)cc3n12. The molecule has 0 aliphatic rings. The average molecular weight is 413 g/mol. The minimum atomic E-state index is -0.449. The molecule has 3 aromatic heterocycles. The molecule has 5 aromatic rings. The predicted molar refractivity (Wildman–Crippen MR) is 113 cm³/mol. The fraction of sp³-hybridized carbons (Fsp3) is 0.0476. The molecule has 152 valence electrons. The number of carbonyl (C=O) groups is 1. The van der Waals surface area contributed by atoms with Crippen LogP contribution in [0.4, 0.5) is 0 Å². The van der Waals surface area contributed by atoms with Gasteiger partial charge >= 0.3 is 5.63 Å². The van der Waals surface area contributed by atoms with Crippen LogP contribution in [0.1, 0.15) is 21.6 Å². The van der Waals surface area contributed by atoms with Gasteiger partial charge in [-0.05, 0) is 47.2 Å². The Morgan fingerprint density at radius 1 is 1.16 bits per heavy atom. The lowest BCUT2D eigenvalue weighted by atomic mass is 10.1. The molecule has 0 aliphatic heterocycles. The molecular weight excluding hydrogens is 398 g/mol. The van der Waals surface area contributed by atoms with Crippen LogP contribution in [-0.2, 0) is 0 Å². The molecule has 2 N–H and O–H groups in total. The number of carbonyl (C=O) groups excluding carboxylic acids is 1. The van der Waals surface area contributed by atoms with E-state index in [-0.39, 0.29) is 0 Å². The highest BCUT2D eigenvalue weighted by atomic mass is 16.4. The zero-order valence-corrected chi connectivity index (χ0v) is 16.2. The Balaban J connectivity index is 1.37. The number of hydrogen-bond donors (Lipinski definition) is 2. The van der Waals surface area contributed by atoms with Crippen molar-refractivity contribution in [2.45, 2.75) is 6.92 Å². The molecule has 0 aliphatic carbocycles. The number of hydrazone groups is 1. The van der Waals surface area contributed by atoms with Crippen LogP contribution >= 0.6 is 0 Å². The third kappa shape index (κ3) is 3.35. The molecule has 10 heteroatoms. The Kier molecular flexibility index (Phi) is 4.36. The van der Waals surface area contributed by atoms with Crippen molar-refractivity contribution in [2.24, 2.45) is 5.10 Å². The summed E-state index contributed by atoms with van der Waals surface area (Å²) in [6, 6.07) is 15.7. The molecule has 31 heavy (non-hydrogen) atoms. The summed E-state index contributed by atoms with van der Waals surface area (Å²) in [7, 11) is 0. The molecule has 0 fully saturated rings. The van der Waals surface area contributed by atoms with E-state index in [1.807, 2.05) is 37.3 Å². The molecule has 0 saturated heterocycles. The number of hydrogen-bond acceptors (Lipinski definition) is 7. The summed E-state index contributed by atoms with van der Waals surface area (Å²) in [5.41, 5.74) is 5.97. The van der Waals surface area contributed by atoms with E-state index >= 15 is 0 Å². The highest BCUT2D eigenvalue weighted by molar-refractivity contribution is 5.98. The van der Waals surface area contributed by atoms with Crippen LogP contribution in [0.2, 0.25) is 0 Å². The zero-order valence-electron chi connectivity index (χ0n) is 16.2. The van der Waals surface area contributed by atoms with Gasteiger partial charge in [0, 0.05) is 22.9 Å². The van der Waals surface area contributed by atoms with Gasteiger partial charge in [-0.1, -0.05) is 24.3 Å². The van der Waals surface area contributed by atoms with E-state index in [9.17, 15) is 9.59 Å². The molecule has 0 unspecified atom stereocenters. The quantitative estimate of drug-likeness (QED) is 0.343. The monoisotopic (exact) mass is 413 g/mol. The van der Waals surface area contributed by atoms with Gasteiger partial charge in [-0.2, -0.15) is 5.10 Å². The van der Waals surface area contributed by atoms with Gasteiger partial charge in [-0.3, -0.25) is 9.20 Å². The van der Waals surface area contributed by atoms with Gasteiger partial charge in [0.25, 0.3) is 5.91 Å². The number of H-pyrrole nitrogens is 1. The van der Waals surface area contributed by atoms with Gasteiger partial charge in [0.2, 0.25) is 5.71 Å². The first-order valence-electron chi connectivity index (χ1n) is 9.33. The smallest absolute Gasteiger partial charge is 0.346 e. The Morgan fingerprint density at radius 3 is 2.77 bits per heavy atom. The zero-order chi connectivity index (χ0) is 21.4. The molecule has 0 bridgehead atoms. The molecule has 0 saturated carbocycles. The van der Waals surface area contributed by atoms with Crippen molar-refractivity contribution in [3.8, 4) is 11.4 Å². The molecule has 10 nitrogen and oxygen atoms in total. The lowest BCUT2D eigenvalue weighted by molar-refractivity contribution is 0.0955. The molecular formula is C21H15N7O3. The lowest BCUT2D eigenvalue weighted by Gasteiger charge is -2.06. The van der Waals surface area contributed by atoms with Crippen LogP contribution in [0.5, 0.6) is 0 Å². The summed E-state index contributed by atoms with van der Waals surface area (Å²) in [4.78, 5) is 24.8. The van der Waals surface area contributed by atoms with Crippen LogP contribution in [-0.4, -0.2) is 37.1 Å². The summed E-state index contributed by atoms with van der Waals surface area (Å²) in [5.74, 6) is 0.169. The molecule has 0 radical (unpaired) electrons. The maximum Gasteiger partial charge on any atom is 0.346 e. The molecule has 5 rings (SSSR count). The van der Waals surface area contributed by atoms with Crippen LogP contribution < -0.4 is 11.1 Å². The van der Waals surface area contributed by atoms with Crippen molar-refractivity contribution in [1.82, 2.24) is 30.5 Å². The first kappa shape index (κ1) is 18.4. The van der Waals surface area contributed by atoms with Crippen molar-refractivity contribution in [3.05, 3.63) is 81.8 Å². The second-order valence-electron chi connectivity index (χ2n) is 6.84. The van der Waals surface area contributed by atoms with Crippen LogP contribution in [0, 0.1) is 6.92 Å². The van der Waals surface area contributed by atoms with E-state index in [0.29, 0.717) is 28.0 Å². The first-order chi connectivity index (χ1) is 15.1. The Labute approximate surface area is 174 Å². The minimum Gasteiger partial charge on any atom is -0.405 e. The number of nitrogens with zero attached hydrogens (tertiary/aromatic N) is 5. The molecule has 1 amide bonds. The number of nitrogens with one attached hydrogen (secondary N) is 2. The van der Waals surface area contributed by atoms with Crippen LogP contribution in [0.25, 0.3) is 28.0 Å². The van der Waals surface area contributed by atoms with Crippen molar-refractivity contribution in [2.75, 3.05) is 0 Å². The Morgan fingerprint density at radius 2 is 2.00 bits per heavy atom. The fourth-order valence-corrected chi connectivity index (χ4v) is 3.32. The van der Waals surface area contributed by atoms with Gasteiger partial charge < -0.3 is 4.42 Å². The van der Waals surface area contributed by atoms with Gasteiger partial charge in [0.15, 0.2) is 5.82 Å². The number of tetrazole rings is 1. The van der Waals surface area contributed by atoms with Crippen LogP contribution in [0.15, 0.2) is 68.9 Å². The number of fused-ring (bicyclic) bond motifs is 3. The Hall–Kier alpha value is -4.60. The van der Waals surface area contributed by atoms with Gasteiger partial charge in [-0.25, -0.2) is 15.3 Å². The summed E-state index contributed by atoms with van der Waals surface area (Å²) in [6.45, 7) is 1.90. The number of rotatable bonds is 4. The first-order valence-corrected chi connectivity index (χ1v) is 9.33. The van der Waals surface area contributed by atoms with Gasteiger partial charge in [0.05, 0.1) is 17.1 Å². The fourth-order valence-electron chi connectivity index (χ4n) is 3.32. The molecule has 2 aromatic carbocycles. The summed E-state index contributed by atoms with van der Waals surface area (Å²) in [6.07, 6.45) is 1.53. The maximum absolute atomic E-state index is 12.6. The average Bonchev–Trinajstić information content (AvgIpc) is 3.44. The standard InChI is InChI=1S/C21H15N7O3/c1-12-2-9-18-28(12)17-10-15(7-8-16(17)21(30)31-18)20(29)25-22-11-13-3-5-14(6-4-13)19-23-26-27-24-19/h2-11H,1H3,(H,25,29)(H,23,24,26,27)/b22-11+. The summed E-state index contributed by atoms with van der Waals surface area (Å²) >= 11 is 0. The number of amides is 1. The largest absolute Gasteiger partial charge is 0.405 e. The van der Waals surface area contributed by atoms with Crippen LogP contribution in [0.3, 0.4) is 0 Å². The highest BCUT2D eigenvalue weighted by Crippen LogP contribution is 2.19. The van der Waals surface area contributed by atoms with Crippen molar-refractivity contribution in [3.63, 3.8) is 0 Å². The number of aromatic amines is 1. The second kappa shape index (κ2) is 7.34. The lowest BCUT2D eigenvalue weighted by Crippen LogP contribution is -2.18. The Bertz CT molecular complexity index is 1500. The topological polar surface area (TPSA) is 131 Å². The van der Waals surface area contributed by atoms with Crippen molar-refractivity contribution in [1.29, 1.82) is 0 Å². The summed E-state index contributed by atoms with van der Waals surface area (Å²) < 4.78 is 7.11. The van der Waals surface area contributed by atoms with E-state index in [2.05, 4.69) is 31.2 Å². The minimum absolute atomic E-state index is 0.373. The third-order valence-electron chi connectivity index (χ3n) is 4.87. The van der Waals surface area contributed by atoms with Crippen molar-refractivity contribution >= 4 is 28.7 Å². The predicted octanol–water partition coefficient (Wildman–Crippen LogP) is 2.30. The van der Waals surface area contributed by atoms with E-state index in [4.69, 9.17) is 4.42 Å². The summed E-state index contributed by atoms with van der Waals surface area (Å²) in [5, 5.41) is 18.0. The van der Waals surface area contributed by atoms with E-state index in [0.717, 1.165) is 16.8 Å². The number of benzene rings is 2. The van der Waals surface area contributed by atoms with Crippen molar-refractivity contribution < 1.29 is 9.21 Å². The number of aromatic nitrogens is 5. The highest BCUT2D eigenvalue weighted by Gasteiger charge is 2.12. The molecule has 0 atom stereocenters. The molecule has 3 heterocycles.